The van der Waals surface area contributed by atoms with Gasteiger partial charge in [-0.3, -0.25) is 15.1 Å². The van der Waals surface area contributed by atoms with Crippen molar-refractivity contribution in [1.82, 2.24) is 0 Å². The van der Waals surface area contributed by atoms with E-state index in [1.807, 2.05) is 18.2 Å². The van der Waals surface area contributed by atoms with E-state index in [9.17, 15) is 15.4 Å². The van der Waals surface area contributed by atoms with Gasteiger partial charge in [0.1, 0.15) is 17.4 Å². The SMILES string of the molecule is N#CC1=C(N)Oc2cc(N=Cc3ccccc3[N+](=O)[O-])ccc2C1c1ccccc1Cl. The normalized spacial score (nSPS) is 15.3. The van der Waals surface area contributed by atoms with Gasteiger partial charge in [-0.05, 0) is 23.8 Å². The Balaban J connectivity index is 1.75. The molecule has 0 radical (unpaired) electrons. The summed E-state index contributed by atoms with van der Waals surface area (Å²) in [6, 6.07) is 20.9. The fourth-order valence-electron chi connectivity index (χ4n) is 3.46. The minimum atomic E-state index is -0.476. The second-order valence-electron chi connectivity index (χ2n) is 6.74. The Hall–Kier alpha value is -4.15. The highest BCUT2D eigenvalue weighted by Crippen LogP contribution is 2.45. The van der Waals surface area contributed by atoms with E-state index in [1.54, 1.807) is 42.5 Å². The van der Waals surface area contributed by atoms with Crippen LogP contribution < -0.4 is 10.5 Å². The Morgan fingerprint density at radius 1 is 1.13 bits per heavy atom. The van der Waals surface area contributed by atoms with Crippen LogP contribution in [0.1, 0.15) is 22.6 Å². The number of hydrogen-bond acceptors (Lipinski definition) is 6. The van der Waals surface area contributed by atoms with Crippen LogP contribution in [0.2, 0.25) is 5.02 Å². The number of ether oxygens (including phenoxy) is 1. The van der Waals surface area contributed by atoms with Crippen molar-refractivity contribution in [3.63, 3.8) is 0 Å². The van der Waals surface area contributed by atoms with Crippen LogP contribution in [0.5, 0.6) is 5.75 Å². The van der Waals surface area contributed by atoms with Gasteiger partial charge in [0.15, 0.2) is 0 Å². The van der Waals surface area contributed by atoms with E-state index in [2.05, 4.69) is 11.1 Å². The van der Waals surface area contributed by atoms with E-state index < -0.39 is 10.8 Å². The van der Waals surface area contributed by atoms with Gasteiger partial charge in [-0.25, -0.2) is 0 Å². The van der Waals surface area contributed by atoms with Crippen LogP contribution in [0.3, 0.4) is 0 Å². The van der Waals surface area contributed by atoms with Crippen LogP contribution in [0.4, 0.5) is 11.4 Å². The Morgan fingerprint density at radius 2 is 1.87 bits per heavy atom. The lowest BCUT2D eigenvalue weighted by Gasteiger charge is -2.27. The number of rotatable bonds is 4. The molecule has 152 valence electrons. The van der Waals surface area contributed by atoms with Gasteiger partial charge >= 0.3 is 0 Å². The minimum Gasteiger partial charge on any atom is -0.440 e. The monoisotopic (exact) mass is 430 g/mol. The maximum absolute atomic E-state index is 11.2. The Labute approximate surface area is 182 Å². The summed E-state index contributed by atoms with van der Waals surface area (Å²) in [7, 11) is 0. The Bertz CT molecular complexity index is 1290. The van der Waals surface area contributed by atoms with Crippen molar-refractivity contribution in [1.29, 1.82) is 5.26 Å². The van der Waals surface area contributed by atoms with E-state index in [0.717, 1.165) is 11.1 Å². The number of aliphatic imine (C=N–C) groups is 1. The van der Waals surface area contributed by atoms with Crippen molar-refractivity contribution in [2.75, 3.05) is 0 Å². The van der Waals surface area contributed by atoms with Gasteiger partial charge in [0.25, 0.3) is 5.69 Å². The van der Waals surface area contributed by atoms with Gasteiger partial charge in [-0.15, -0.1) is 0 Å². The molecule has 0 amide bonds. The van der Waals surface area contributed by atoms with Crippen LogP contribution in [-0.2, 0) is 0 Å². The van der Waals surface area contributed by atoms with Gasteiger partial charge in [-0.2, -0.15) is 5.26 Å². The zero-order valence-electron chi connectivity index (χ0n) is 16.0. The third-order valence-electron chi connectivity index (χ3n) is 4.91. The topological polar surface area (TPSA) is 115 Å². The molecular formula is C23H15ClN4O3. The fraction of sp³-hybridized carbons (Fsp3) is 0.0435. The zero-order valence-corrected chi connectivity index (χ0v) is 16.8. The average Bonchev–Trinajstić information content (AvgIpc) is 2.77. The van der Waals surface area contributed by atoms with Gasteiger partial charge < -0.3 is 10.5 Å². The van der Waals surface area contributed by atoms with Crippen molar-refractivity contribution in [2.45, 2.75) is 5.92 Å². The number of nitro groups is 1. The molecule has 0 saturated carbocycles. The molecule has 8 heteroatoms. The standard InChI is InChI=1S/C23H15ClN4O3/c24-19-7-3-2-6-16(19)22-17-10-9-15(11-21(17)31-23(26)18(22)12-25)27-13-14-5-1-4-8-20(14)28(29)30/h1-11,13,22H,26H2. The molecule has 1 atom stereocenters. The number of nitro benzene ring substituents is 1. The second kappa shape index (κ2) is 8.30. The van der Waals surface area contributed by atoms with Crippen molar-refractivity contribution >= 4 is 29.2 Å². The first-order valence-corrected chi connectivity index (χ1v) is 9.61. The smallest absolute Gasteiger partial charge is 0.278 e. The van der Waals surface area contributed by atoms with Crippen LogP contribution in [-0.4, -0.2) is 11.1 Å². The molecular weight excluding hydrogens is 416 g/mol. The molecule has 1 unspecified atom stereocenters. The Morgan fingerprint density at radius 3 is 2.61 bits per heavy atom. The largest absolute Gasteiger partial charge is 0.440 e. The molecule has 7 nitrogen and oxygen atoms in total. The first-order chi connectivity index (χ1) is 15.0. The predicted molar refractivity (Wildman–Crippen MR) is 118 cm³/mol. The number of para-hydroxylation sites is 1. The molecule has 1 aliphatic heterocycles. The van der Waals surface area contributed by atoms with Crippen LogP contribution in [0.25, 0.3) is 0 Å². The zero-order chi connectivity index (χ0) is 22.0. The van der Waals surface area contributed by atoms with Crippen molar-refractivity contribution in [2.24, 2.45) is 10.7 Å². The molecule has 4 rings (SSSR count). The summed E-state index contributed by atoms with van der Waals surface area (Å²) >= 11 is 6.39. The first kappa shape index (κ1) is 20.1. The molecule has 3 aromatic carbocycles. The summed E-state index contributed by atoms with van der Waals surface area (Å²) in [4.78, 5) is 15.1. The number of nitriles is 1. The van der Waals surface area contributed by atoms with Crippen molar-refractivity contribution < 1.29 is 9.66 Å². The highest BCUT2D eigenvalue weighted by Gasteiger charge is 2.31. The number of nitrogens with two attached hydrogens (primary N) is 1. The molecule has 1 heterocycles. The molecule has 3 aromatic rings. The number of halogens is 1. The molecule has 1 aliphatic rings. The quantitative estimate of drug-likeness (QED) is 0.346. The number of fused-ring (bicyclic) bond motifs is 1. The van der Waals surface area contributed by atoms with E-state index in [1.165, 1.54) is 12.3 Å². The lowest BCUT2D eigenvalue weighted by Crippen LogP contribution is -2.21. The molecule has 0 fully saturated rings. The van der Waals surface area contributed by atoms with E-state index in [-0.39, 0.29) is 17.1 Å². The predicted octanol–water partition coefficient (Wildman–Crippen LogP) is 5.22. The van der Waals surface area contributed by atoms with Gasteiger partial charge in [-0.1, -0.05) is 48.0 Å². The molecule has 31 heavy (non-hydrogen) atoms. The number of benzene rings is 3. The maximum atomic E-state index is 11.2. The van der Waals surface area contributed by atoms with Crippen LogP contribution in [0.15, 0.2) is 83.2 Å². The highest BCUT2D eigenvalue weighted by molar-refractivity contribution is 6.31. The molecule has 0 saturated heterocycles. The third-order valence-corrected chi connectivity index (χ3v) is 5.25. The maximum Gasteiger partial charge on any atom is 0.278 e. The van der Waals surface area contributed by atoms with Crippen molar-refractivity contribution in [3.05, 3.63) is 110 Å². The Kier molecular flexibility index (Phi) is 5.39. The number of hydrogen-bond donors (Lipinski definition) is 1. The second-order valence-corrected chi connectivity index (χ2v) is 7.15. The van der Waals surface area contributed by atoms with E-state index >= 15 is 0 Å². The summed E-state index contributed by atoms with van der Waals surface area (Å²) in [6.45, 7) is 0. The highest BCUT2D eigenvalue weighted by atomic mass is 35.5. The van der Waals surface area contributed by atoms with Gasteiger partial charge in [0.2, 0.25) is 5.88 Å². The summed E-state index contributed by atoms with van der Waals surface area (Å²) < 4.78 is 5.69. The van der Waals surface area contributed by atoms with Crippen LogP contribution >= 0.6 is 11.6 Å². The van der Waals surface area contributed by atoms with E-state index in [0.29, 0.717) is 22.0 Å². The first-order valence-electron chi connectivity index (χ1n) is 9.23. The third kappa shape index (κ3) is 3.84. The molecule has 0 spiro atoms. The lowest BCUT2D eigenvalue weighted by atomic mass is 9.83. The number of nitrogens with zero attached hydrogens (tertiary/aromatic N) is 3. The lowest BCUT2D eigenvalue weighted by molar-refractivity contribution is -0.385. The summed E-state index contributed by atoms with van der Waals surface area (Å²) in [5.74, 6) is -0.0333. The van der Waals surface area contributed by atoms with Gasteiger partial charge in [0, 0.05) is 28.9 Å². The van der Waals surface area contributed by atoms with Gasteiger partial charge in [0.05, 0.1) is 22.1 Å². The summed E-state index contributed by atoms with van der Waals surface area (Å²) in [5.41, 5.74) is 8.63. The molecule has 0 aromatic heterocycles. The van der Waals surface area contributed by atoms with Crippen LogP contribution in [0, 0.1) is 21.4 Å². The molecule has 0 bridgehead atoms. The van der Waals surface area contributed by atoms with E-state index in [4.69, 9.17) is 22.1 Å². The fourth-order valence-corrected chi connectivity index (χ4v) is 3.71. The van der Waals surface area contributed by atoms with Crippen molar-refractivity contribution in [3.8, 4) is 11.8 Å². The number of allylic oxidation sites excluding steroid dienone is 1. The summed E-state index contributed by atoms with van der Waals surface area (Å²) in [6.07, 6.45) is 1.42. The average molecular weight is 431 g/mol. The summed E-state index contributed by atoms with van der Waals surface area (Å²) in [5, 5.41) is 21.4. The molecule has 0 aliphatic carbocycles. The molecule has 2 N–H and O–H groups in total. The minimum absolute atomic E-state index is 0.000235.